The molecule has 37 heavy (non-hydrogen) atoms. The van der Waals surface area contributed by atoms with Crippen LogP contribution in [0.3, 0.4) is 0 Å². The van der Waals surface area contributed by atoms with E-state index in [-0.39, 0.29) is 0 Å². The second kappa shape index (κ2) is 8.41. The van der Waals surface area contributed by atoms with Crippen molar-refractivity contribution < 1.29 is 14.3 Å². The Morgan fingerprint density at radius 2 is 1.95 bits per heavy atom. The number of carbonyl (C=O) groups is 1. The van der Waals surface area contributed by atoms with Crippen LogP contribution in [-0.4, -0.2) is 57.5 Å². The Labute approximate surface area is 213 Å². The number of benzene rings is 1. The van der Waals surface area contributed by atoms with E-state index in [1.807, 2.05) is 43.6 Å². The van der Waals surface area contributed by atoms with Crippen molar-refractivity contribution in [1.29, 1.82) is 0 Å². The molecule has 7 rings (SSSR count). The lowest BCUT2D eigenvalue weighted by Gasteiger charge is -2.21. The molecular weight excluding hydrogens is 468 g/mol. The lowest BCUT2D eigenvalue weighted by atomic mass is 10.1. The number of nitrogens with zero attached hydrogens (tertiary/aromatic N) is 6. The van der Waals surface area contributed by atoms with E-state index in [1.54, 1.807) is 4.52 Å². The highest BCUT2D eigenvalue weighted by atomic mass is 16.5. The fourth-order valence-electron chi connectivity index (χ4n) is 5.69. The topological polar surface area (TPSA) is 86.8 Å². The molecule has 1 aliphatic carbocycles. The summed E-state index contributed by atoms with van der Waals surface area (Å²) < 4.78 is 14.7. The van der Waals surface area contributed by atoms with E-state index in [0.29, 0.717) is 35.6 Å². The second-order valence-corrected chi connectivity index (χ2v) is 9.81. The average molecular weight is 495 g/mol. The van der Waals surface area contributed by atoms with Crippen molar-refractivity contribution in [3.63, 3.8) is 0 Å². The Bertz CT molecular complexity index is 1630. The number of carbonyl (C=O) groups excluding carboxylic acids is 1. The summed E-state index contributed by atoms with van der Waals surface area (Å²) in [6, 6.07) is 16.7. The van der Waals surface area contributed by atoms with Crippen molar-refractivity contribution >= 4 is 28.5 Å². The summed E-state index contributed by atoms with van der Waals surface area (Å²) in [7, 11) is 3.38. The smallest absolute Gasteiger partial charge is 0.343 e. The highest BCUT2D eigenvalue weighted by Gasteiger charge is 2.55. The highest BCUT2D eigenvalue weighted by Crippen LogP contribution is 2.55. The van der Waals surface area contributed by atoms with Crippen LogP contribution in [0.4, 0.5) is 5.82 Å². The lowest BCUT2D eigenvalue weighted by Crippen LogP contribution is -2.20. The molecule has 4 aromatic heterocycles. The maximum atomic E-state index is 12.6. The molecule has 9 nitrogen and oxygen atoms in total. The van der Waals surface area contributed by atoms with Crippen LogP contribution in [0.5, 0.6) is 0 Å². The maximum Gasteiger partial charge on any atom is 0.343 e. The molecule has 5 aromatic rings. The van der Waals surface area contributed by atoms with Gasteiger partial charge in [-0.1, -0.05) is 30.3 Å². The molecule has 0 bridgehead atoms. The summed E-state index contributed by atoms with van der Waals surface area (Å²) in [6.07, 6.45) is 5.52. The molecule has 1 aromatic carbocycles. The number of aromatic nitrogens is 5. The first-order valence-electron chi connectivity index (χ1n) is 12.4. The van der Waals surface area contributed by atoms with Gasteiger partial charge in [0.25, 0.3) is 0 Å². The Morgan fingerprint density at radius 1 is 1.14 bits per heavy atom. The van der Waals surface area contributed by atoms with Crippen LogP contribution in [-0.2, 0) is 16.0 Å². The quantitative estimate of drug-likeness (QED) is 0.330. The van der Waals surface area contributed by atoms with E-state index < -0.39 is 5.97 Å². The van der Waals surface area contributed by atoms with Crippen LogP contribution in [0.2, 0.25) is 0 Å². The number of ether oxygens (including phenoxy) is 2. The molecule has 5 heterocycles. The molecule has 0 unspecified atom stereocenters. The number of anilines is 1. The molecule has 0 amide bonds. The van der Waals surface area contributed by atoms with Gasteiger partial charge in [-0.15, -0.1) is 0 Å². The Balaban J connectivity index is 1.40. The van der Waals surface area contributed by atoms with E-state index in [1.165, 1.54) is 18.9 Å². The number of esters is 1. The number of fused-ring (bicyclic) bond motifs is 3. The van der Waals surface area contributed by atoms with Gasteiger partial charge in [-0.3, -0.25) is 0 Å². The summed E-state index contributed by atoms with van der Waals surface area (Å²) in [5.74, 6) is 1.43. The van der Waals surface area contributed by atoms with E-state index in [0.717, 1.165) is 41.3 Å². The van der Waals surface area contributed by atoms with Crippen LogP contribution < -0.4 is 4.90 Å². The van der Waals surface area contributed by atoms with Crippen LogP contribution in [0.15, 0.2) is 67.1 Å². The van der Waals surface area contributed by atoms with Gasteiger partial charge in [-0.25, -0.2) is 14.8 Å². The predicted octanol–water partition coefficient (Wildman–Crippen LogP) is 3.99. The van der Waals surface area contributed by atoms with Crippen molar-refractivity contribution in [3.8, 4) is 11.3 Å². The fourth-order valence-corrected chi connectivity index (χ4v) is 5.69. The molecular formula is C28H26N6O3. The van der Waals surface area contributed by atoms with Crippen LogP contribution >= 0.6 is 0 Å². The Hall–Kier alpha value is -4.24. The van der Waals surface area contributed by atoms with Crippen molar-refractivity contribution in [3.05, 3.63) is 78.2 Å². The molecule has 3 atom stereocenters. The van der Waals surface area contributed by atoms with E-state index in [2.05, 4.69) is 39.0 Å². The summed E-state index contributed by atoms with van der Waals surface area (Å²) in [4.78, 5) is 24.4. The average Bonchev–Trinajstić information content (AvgIpc) is 3.34. The van der Waals surface area contributed by atoms with Crippen molar-refractivity contribution in [2.24, 2.45) is 11.8 Å². The van der Waals surface area contributed by atoms with Crippen molar-refractivity contribution in [2.75, 3.05) is 32.3 Å². The Morgan fingerprint density at radius 3 is 2.73 bits per heavy atom. The van der Waals surface area contributed by atoms with Gasteiger partial charge in [-0.05, 0) is 17.7 Å². The van der Waals surface area contributed by atoms with Crippen LogP contribution in [0.1, 0.15) is 22.0 Å². The minimum absolute atomic E-state index is 0.328. The van der Waals surface area contributed by atoms with Gasteiger partial charge in [0.15, 0.2) is 5.65 Å². The third kappa shape index (κ3) is 3.49. The summed E-state index contributed by atoms with van der Waals surface area (Å²) in [5.41, 5.74) is 4.63. The lowest BCUT2D eigenvalue weighted by molar-refractivity contribution is 0.0602. The number of rotatable bonds is 6. The highest BCUT2D eigenvalue weighted by molar-refractivity contribution is 5.98. The first-order valence-corrected chi connectivity index (χ1v) is 12.4. The SMILES string of the molecule is COC(=O)c1cnn2c(N(C)Cc3ccccc3)cc(-c3cn([C@H]4[C@@H]5COC[C@@H]54)c4ncccc34)nc12. The Kier molecular flexibility index (Phi) is 5.00. The molecule has 2 fully saturated rings. The van der Waals surface area contributed by atoms with Gasteiger partial charge in [0.1, 0.15) is 17.0 Å². The zero-order chi connectivity index (χ0) is 25.1. The van der Waals surface area contributed by atoms with Crippen LogP contribution in [0.25, 0.3) is 27.9 Å². The first kappa shape index (κ1) is 22.0. The zero-order valence-electron chi connectivity index (χ0n) is 20.6. The standard InChI is InChI=1S/C28H26N6O3/c1-32(13-17-7-4-3-5-8-17)24-11-23(31-27-19(28(35)36-2)12-30-34(24)27)20-14-33(25-21-15-37-16-22(21)25)26-18(20)9-6-10-29-26/h3-12,14,21-22,25H,13,15-16H2,1-2H3/t21-,22+,25+. The van der Waals surface area contributed by atoms with Gasteiger partial charge in [0.2, 0.25) is 0 Å². The minimum Gasteiger partial charge on any atom is -0.465 e. The number of hydrogen-bond acceptors (Lipinski definition) is 7. The van der Waals surface area contributed by atoms with Crippen molar-refractivity contribution in [2.45, 2.75) is 12.6 Å². The molecule has 1 saturated carbocycles. The molecule has 0 spiro atoms. The van der Waals surface area contributed by atoms with Gasteiger partial charge < -0.3 is 18.9 Å². The number of methoxy groups -OCH3 is 1. The van der Waals surface area contributed by atoms with Crippen molar-refractivity contribution in [1.82, 2.24) is 24.1 Å². The molecule has 9 heteroatoms. The zero-order valence-corrected chi connectivity index (χ0v) is 20.6. The number of hydrogen-bond donors (Lipinski definition) is 0. The normalized spacial score (nSPS) is 20.3. The molecule has 0 radical (unpaired) electrons. The first-order chi connectivity index (χ1) is 18.1. The maximum absolute atomic E-state index is 12.6. The van der Waals surface area contributed by atoms with Gasteiger partial charge >= 0.3 is 5.97 Å². The van der Waals surface area contributed by atoms with Crippen LogP contribution in [0, 0.1) is 11.8 Å². The largest absolute Gasteiger partial charge is 0.465 e. The molecule has 2 aliphatic rings. The molecule has 1 aliphatic heterocycles. The molecule has 186 valence electrons. The van der Waals surface area contributed by atoms with E-state index in [9.17, 15) is 4.79 Å². The van der Waals surface area contributed by atoms with Gasteiger partial charge in [-0.2, -0.15) is 9.61 Å². The molecule has 0 N–H and O–H groups in total. The summed E-state index contributed by atoms with van der Waals surface area (Å²) in [6.45, 7) is 2.27. The van der Waals surface area contributed by atoms with E-state index in [4.69, 9.17) is 19.4 Å². The predicted molar refractivity (Wildman–Crippen MR) is 138 cm³/mol. The van der Waals surface area contributed by atoms with Gasteiger partial charge in [0.05, 0.1) is 32.2 Å². The van der Waals surface area contributed by atoms with E-state index >= 15 is 0 Å². The fraction of sp³-hybridized carbons (Fsp3) is 0.286. The minimum atomic E-state index is -0.466. The molecule has 1 saturated heterocycles. The second-order valence-electron chi connectivity index (χ2n) is 9.81. The summed E-state index contributed by atoms with van der Waals surface area (Å²) in [5, 5.41) is 5.54. The summed E-state index contributed by atoms with van der Waals surface area (Å²) >= 11 is 0. The van der Waals surface area contributed by atoms with Gasteiger partial charge in [0, 0.05) is 60.9 Å². The number of pyridine rings is 1. The third-order valence-corrected chi connectivity index (χ3v) is 7.61. The monoisotopic (exact) mass is 494 g/mol. The third-order valence-electron chi connectivity index (χ3n) is 7.61.